The van der Waals surface area contributed by atoms with E-state index in [1.54, 1.807) is 11.3 Å². The van der Waals surface area contributed by atoms with E-state index in [0.29, 0.717) is 30.2 Å². The fraction of sp³-hybridized carbons (Fsp3) is 0.462. The third kappa shape index (κ3) is 3.43. The molecule has 20 heavy (non-hydrogen) atoms. The van der Waals surface area contributed by atoms with Gasteiger partial charge in [0.05, 0.1) is 0 Å². The highest BCUT2D eigenvalue weighted by molar-refractivity contribution is 7.15. The molecule has 6 nitrogen and oxygen atoms in total. The number of aryl methyl sites for hydroxylation is 1. The third-order valence-corrected chi connectivity index (χ3v) is 3.62. The Morgan fingerprint density at radius 1 is 1.55 bits per heavy atom. The molecule has 0 unspecified atom stereocenters. The molecule has 7 heteroatoms. The molecule has 0 aromatic carbocycles. The highest BCUT2D eigenvalue weighted by Crippen LogP contribution is 2.12. The first-order valence-electron chi connectivity index (χ1n) is 6.43. The van der Waals surface area contributed by atoms with Gasteiger partial charge in [0.15, 0.2) is 4.96 Å². The Hall–Kier alpha value is -1.73. The second-order valence-electron chi connectivity index (χ2n) is 4.32. The van der Waals surface area contributed by atoms with Crippen molar-refractivity contribution in [3.63, 3.8) is 0 Å². The van der Waals surface area contributed by atoms with Gasteiger partial charge in [-0.25, -0.2) is 4.98 Å². The summed E-state index contributed by atoms with van der Waals surface area (Å²) < 4.78 is 6.60. The monoisotopic (exact) mass is 295 g/mol. The van der Waals surface area contributed by atoms with Crippen molar-refractivity contribution in [1.82, 2.24) is 14.7 Å². The maximum atomic E-state index is 11.9. The summed E-state index contributed by atoms with van der Waals surface area (Å²) in [4.78, 5) is 28.3. The van der Waals surface area contributed by atoms with Crippen molar-refractivity contribution in [2.75, 3.05) is 19.8 Å². The number of thiazole rings is 1. The van der Waals surface area contributed by atoms with Crippen LogP contribution in [-0.2, 0) is 16.0 Å². The second-order valence-corrected chi connectivity index (χ2v) is 5.15. The first kappa shape index (κ1) is 14.7. The smallest absolute Gasteiger partial charge is 0.258 e. The first-order chi connectivity index (χ1) is 9.61. The standard InChI is InChI=1S/C13H17N3O3S/c1-3-19-7-11(17)14-5-4-10-8-20-13-15-9(2)6-12(18)16(10)13/h6,8H,3-5,7H2,1-2H3,(H,14,17). The van der Waals surface area contributed by atoms with Gasteiger partial charge >= 0.3 is 0 Å². The Labute approximate surface area is 120 Å². The minimum absolute atomic E-state index is 0.0710. The lowest BCUT2D eigenvalue weighted by atomic mass is 10.3. The normalized spacial score (nSPS) is 10.9. The van der Waals surface area contributed by atoms with E-state index >= 15 is 0 Å². The Balaban J connectivity index is 2.01. The summed E-state index contributed by atoms with van der Waals surface area (Å²) in [5, 5.41) is 4.66. The second kappa shape index (κ2) is 6.62. The first-order valence-corrected chi connectivity index (χ1v) is 7.31. The molecule has 0 fully saturated rings. The molecule has 0 aliphatic carbocycles. The summed E-state index contributed by atoms with van der Waals surface area (Å²) in [7, 11) is 0. The van der Waals surface area contributed by atoms with E-state index in [1.165, 1.54) is 17.4 Å². The molecule has 0 bridgehead atoms. The molecule has 0 aliphatic heterocycles. The molecule has 0 spiro atoms. The number of hydrogen-bond acceptors (Lipinski definition) is 5. The van der Waals surface area contributed by atoms with Crippen LogP contribution in [0.25, 0.3) is 4.96 Å². The summed E-state index contributed by atoms with van der Waals surface area (Å²) in [5.41, 5.74) is 1.50. The number of carbonyl (C=O) groups excluding carboxylic acids is 1. The molecular weight excluding hydrogens is 278 g/mol. The average molecular weight is 295 g/mol. The molecule has 0 saturated heterocycles. The molecule has 0 saturated carbocycles. The van der Waals surface area contributed by atoms with Crippen molar-refractivity contribution in [2.45, 2.75) is 20.3 Å². The fourth-order valence-corrected chi connectivity index (χ4v) is 2.81. The number of fused-ring (bicyclic) bond motifs is 1. The molecule has 108 valence electrons. The van der Waals surface area contributed by atoms with Crippen molar-refractivity contribution in [1.29, 1.82) is 0 Å². The van der Waals surface area contributed by atoms with Gasteiger partial charge in [-0.3, -0.25) is 14.0 Å². The molecule has 0 atom stereocenters. The summed E-state index contributed by atoms with van der Waals surface area (Å²) >= 11 is 1.43. The van der Waals surface area contributed by atoms with E-state index in [9.17, 15) is 9.59 Å². The Kier molecular flexibility index (Phi) is 4.86. The summed E-state index contributed by atoms with van der Waals surface area (Å²) in [6, 6.07) is 1.51. The van der Waals surface area contributed by atoms with Gasteiger partial charge in [-0.05, 0) is 13.8 Å². The van der Waals surface area contributed by atoms with Crippen molar-refractivity contribution in [3.05, 3.63) is 33.2 Å². The van der Waals surface area contributed by atoms with Gasteiger partial charge in [0.25, 0.3) is 5.56 Å². The highest BCUT2D eigenvalue weighted by Gasteiger charge is 2.08. The number of carbonyl (C=O) groups is 1. The molecule has 1 N–H and O–H groups in total. The van der Waals surface area contributed by atoms with Crippen LogP contribution in [-0.4, -0.2) is 35.1 Å². The van der Waals surface area contributed by atoms with Crippen LogP contribution in [0, 0.1) is 6.92 Å². The minimum atomic E-state index is -0.146. The summed E-state index contributed by atoms with van der Waals surface area (Å²) in [6.07, 6.45) is 0.586. The zero-order valence-corrected chi connectivity index (χ0v) is 12.3. The van der Waals surface area contributed by atoms with Crippen LogP contribution in [0.3, 0.4) is 0 Å². The van der Waals surface area contributed by atoms with Gasteiger partial charge in [-0.15, -0.1) is 11.3 Å². The lowest BCUT2D eigenvalue weighted by Gasteiger charge is -2.05. The van der Waals surface area contributed by atoms with Crippen LogP contribution < -0.4 is 10.9 Å². The zero-order chi connectivity index (χ0) is 14.5. The molecular formula is C13H17N3O3S. The SMILES string of the molecule is CCOCC(=O)NCCc1csc2nc(C)cc(=O)n12. The summed E-state index contributed by atoms with van der Waals surface area (Å²) in [6.45, 7) is 4.70. The predicted octanol–water partition coefficient (Wildman–Crippen LogP) is 0.760. The van der Waals surface area contributed by atoms with Crippen LogP contribution in [0.2, 0.25) is 0 Å². The highest BCUT2D eigenvalue weighted by atomic mass is 32.1. The number of nitrogens with one attached hydrogen (secondary N) is 1. The molecule has 2 aromatic heterocycles. The van der Waals surface area contributed by atoms with Gasteiger partial charge in [-0.1, -0.05) is 0 Å². The number of aromatic nitrogens is 2. The molecule has 2 heterocycles. The predicted molar refractivity (Wildman–Crippen MR) is 77.3 cm³/mol. The van der Waals surface area contributed by atoms with Crippen LogP contribution in [0.4, 0.5) is 0 Å². The van der Waals surface area contributed by atoms with Crippen LogP contribution in [0.5, 0.6) is 0 Å². The van der Waals surface area contributed by atoms with E-state index < -0.39 is 0 Å². The zero-order valence-electron chi connectivity index (χ0n) is 11.5. The van der Waals surface area contributed by atoms with Gasteiger partial charge in [-0.2, -0.15) is 0 Å². The van der Waals surface area contributed by atoms with Crippen molar-refractivity contribution >= 4 is 22.2 Å². The maximum absolute atomic E-state index is 11.9. The molecule has 0 radical (unpaired) electrons. The lowest BCUT2D eigenvalue weighted by molar-refractivity contribution is -0.125. The maximum Gasteiger partial charge on any atom is 0.258 e. The molecule has 0 aliphatic rings. The molecule has 1 amide bonds. The Morgan fingerprint density at radius 3 is 3.10 bits per heavy atom. The van der Waals surface area contributed by atoms with E-state index in [0.717, 1.165) is 5.69 Å². The molecule has 2 rings (SSSR count). The van der Waals surface area contributed by atoms with Gasteiger partial charge < -0.3 is 10.1 Å². The van der Waals surface area contributed by atoms with Gasteiger partial charge in [0.2, 0.25) is 5.91 Å². The Morgan fingerprint density at radius 2 is 2.35 bits per heavy atom. The number of rotatable bonds is 6. The van der Waals surface area contributed by atoms with Crippen LogP contribution in [0.15, 0.2) is 16.2 Å². The molecule has 2 aromatic rings. The number of hydrogen-bond donors (Lipinski definition) is 1. The van der Waals surface area contributed by atoms with Crippen LogP contribution in [0.1, 0.15) is 18.3 Å². The number of amides is 1. The Bertz CT molecular complexity index is 662. The summed E-state index contributed by atoms with van der Waals surface area (Å²) in [5.74, 6) is -0.146. The van der Waals surface area contributed by atoms with Gasteiger partial charge in [0, 0.05) is 42.4 Å². The van der Waals surface area contributed by atoms with Crippen molar-refractivity contribution in [2.24, 2.45) is 0 Å². The van der Waals surface area contributed by atoms with E-state index in [2.05, 4.69) is 10.3 Å². The third-order valence-electron chi connectivity index (χ3n) is 2.74. The number of ether oxygens (including phenoxy) is 1. The van der Waals surface area contributed by atoms with Crippen LogP contribution >= 0.6 is 11.3 Å². The topological polar surface area (TPSA) is 72.7 Å². The van der Waals surface area contributed by atoms with E-state index in [4.69, 9.17) is 4.74 Å². The van der Waals surface area contributed by atoms with Crippen molar-refractivity contribution in [3.8, 4) is 0 Å². The van der Waals surface area contributed by atoms with E-state index in [1.807, 2.05) is 12.3 Å². The lowest BCUT2D eigenvalue weighted by Crippen LogP contribution is -2.30. The largest absolute Gasteiger partial charge is 0.372 e. The minimum Gasteiger partial charge on any atom is -0.372 e. The van der Waals surface area contributed by atoms with Gasteiger partial charge in [0.1, 0.15) is 6.61 Å². The average Bonchev–Trinajstić information content (AvgIpc) is 2.79. The van der Waals surface area contributed by atoms with Crippen molar-refractivity contribution < 1.29 is 9.53 Å². The number of nitrogens with zero attached hydrogens (tertiary/aromatic N) is 2. The van der Waals surface area contributed by atoms with E-state index in [-0.39, 0.29) is 18.1 Å². The fourth-order valence-electron chi connectivity index (χ4n) is 1.83. The quantitative estimate of drug-likeness (QED) is 0.854.